The molecule has 0 bridgehead atoms. The largest absolute Gasteiger partial charge is 0.377 e. The molecule has 5 rings (SSSR count). The number of amides is 3. The molecule has 0 unspecified atom stereocenters. The molecular weight excluding hydrogens is 460 g/mol. The van der Waals surface area contributed by atoms with E-state index in [4.69, 9.17) is 9.72 Å². The summed E-state index contributed by atoms with van der Waals surface area (Å²) in [5, 5.41) is 8.67. The van der Waals surface area contributed by atoms with Crippen LogP contribution in [0.4, 0.5) is 16.3 Å². The van der Waals surface area contributed by atoms with Crippen LogP contribution in [0.15, 0.2) is 42.9 Å². The minimum Gasteiger partial charge on any atom is -0.377 e. The second kappa shape index (κ2) is 10.3. The summed E-state index contributed by atoms with van der Waals surface area (Å²) in [6, 6.07) is 9.19. The Morgan fingerprint density at radius 3 is 2.67 bits per heavy atom. The molecule has 2 fully saturated rings. The molecule has 0 radical (unpaired) electrons. The summed E-state index contributed by atoms with van der Waals surface area (Å²) in [5.41, 5.74) is 2.57. The smallest absolute Gasteiger partial charge is 0.319 e. The number of rotatable bonds is 7. The number of ether oxygens (including phenoxy) is 1. The number of imidazole rings is 1. The van der Waals surface area contributed by atoms with Crippen LogP contribution in [-0.2, 0) is 18.3 Å². The minimum atomic E-state index is -0.294. The molecule has 188 valence electrons. The monoisotopic (exact) mass is 490 g/mol. The second-order valence-electron chi connectivity index (χ2n) is 9.18. The third-order valence-corrected chi connectivity index (χ3v) is 6.27. The third-order valence-electron chi connectivity index (χ3n) is 6.27. The van der Waals surface area contributed by atoms with Gasteiger partial charge in [0.25, 0.3) is 5.91 Å². The van der Waals surface area contributed by atoms with Crippen LogP contribution in [0.1, 0.15) is 35.9 Å². The molecule has 2 aliphatic rings. The number of aryl methyl sites for hydroxylation is 1. The van der Waals surface area contributed by atoms with Crippen LogP contribution in [0.25, 0.3) is 11.4 Å². The van der Waals surface area contributed by atoms with E-state index >= 15 is 0 Å². The Balaban J connectivity index is 1.39. The number of urea groups is 1. The zero-order chi connectivity index (χ0) is 25.1. The number of hydrogen-bond acceptors (Lipinski definition) is 7. The molecule has 2 aromatic heterocycles. The summed E-state index contributed by atoms with van der Waals surface area (Å²) in [6.07, 6.45) is 5.46. The molecule has 3 amide bonds. The Morgan fingerprint density at radius 2 is 1.97 bits per heavy atom. The Kier molecular flexibility index (Phi) is 6.81. The van der Waals surface area contributed by atoms with Crippen molar-refractivity contribution in [1.82, 2.24) is 30.2 Å². The van der Waals surface area contributed by atoms with Gasteiger partial charge in [-0.05, 0) is 44.0 Å². The van der Waals surface area contributed by atoms with Crippen LogP contribution < -0.4 is 20.9 Å². The zero-order valence-electron chi connectivity index (χ0n) is 20.4. The van der Waals surface area contributed by atoms with Crippen LogP contribution >= 0.6 is 0 Å². The van der Waals surface area contributed by atoms with Gasteiger partial charge in [0.15, 0.2) is 5.82 Å². The third kappa shape index (κ3) is 5.62. The van der Waals surface area contributed by atoms with Crippen molar-refractivity contribution in [2.45, 2.75) is 38.4 Å². The molecule has 1 aliphatic carbocycles. The number of nitrogens with zero attached hydrogens (tertiary/aromatic N) is 5. The SMILES string of the molecule is C[C@H]1COCCN1c1cc(C(=O)NCc2cncn2C)nc(-c2ccc(NC(=O)NC3CC3)cc2)n1. The van der Waals surface area contributed by atoms with Gasteiger partial charge < -0.3 is 30.2 Å². The van der Waals surface area contributed by atoms with Crippen molar-refractivity contribution in [1.29, 1.82) is 0 Å². The van der Waals surface area contributed by atoms with E-state index in [1.165, 1.54) is 0 Å². The van der Waals surface area contributed by atoms with Gasteiger partial charge >= 0.3 is 6.03 Å². The number of hydrogen-bond donors (Lipinski definition) is 3. The predicted molar refractivity (Wildman–Crippen MR) is 135 cm³/mol. The van der Waals surface area contributed by atoms with E-state index in [0.29, 0.717) is 43.6 Å². The number of morpholine rings is 1. The predicted octanol–water partition coefficient (Wildman–Crippen LogP) is 2.32. The Labute approximate surface area is 209 Å². The maximum Gasteiger partial charge on any atom is 0.319 e. The van der Waals surface area contributed by atoms with Crippen molar-refractivity contribution in [2.24, 2.45) is 7.05 Å². The Bertz CT molecular complexity index is 1240. The molecule has 1 atom stereocenters. The maximum atomic E-state index is 13.1. The van der Waals surface area contributed by atoms with Crippen molar-refractivity contribution >= 4 is 23.4 Å². The van der Waals surface area contributed by atoms with E-state index in [9.17, 15) is 9.59 Å². The molecule has 11 heteroatoms. The molecule has 36 heavy (non-hydrogen) atoms. The van der Waals surface area contributed by atoms with Crippen LogP contribution in [0, 0.1) is 0 Å². The molecule has 1 saturated heterocycles. The fourth-order valence-corrected chi connectivity index (χ4v) is 3.99. The number of anilines is 2. The molecular formula is C25H30N8O3. The highest BCUT2D eigenvalue weighted by atomic mass is 16.5. The highest BCUT2D eigenvalue weighted by Crippen LogP contribution is 2.25. The highest BCUT2D eigenvalue weighted by Gasteiger charge is 2.24. The lowest BCUT2D eigenvalue weighted by atomic mass is 10.1. The first-order chi connectivity index (χ1) is 17.5. The maximum absolute atomic E-state index is 13.1. The highest BCUT2D eigenvalue weighted by molar-refractivity contribution is 5.93. The van der Waals surface area contributed by atoms with Crippen LogP contribution in [0.3, 0.4) is 0 Å². The van der Waals surface area contributed by atoms with Crippen molar-refractivity contribution < 1.29 is 14.3 Å². The van der Waals surface area contributed by atoms with Crippen molar-refractivity contribution in [2.75, 3.05) is 30.0 Å². The standard InChI is InChI=1S/C25H30N8O3/c1-16-14-36-10-9-33(16)22-11-21(24(34)27-13-20-12-26-15-32(20)2)30-23(31-22)17-3-5-18(6-4-17)28-25(35)29-19-7-8-19/h3-6,11-12,15-16,19H,7-10,13-14H2,1-2H3,(H,27,34)(H2,28,29,35)/t16-/m0/s1. The average molecular weight is 491 g/mol. The molecule has 1 saturated carbocycles. The molecule has 1 aromatic carbocycles. The summed E-state index contributed by atoms with van der Waals surface area (Å²) in [6.45, 7) is 4.25. The summed E-state index contributed by atoms with van der Waals surface area (Å²) >= 11 is 0. The topological polar surface area (TPSA) is 126 Å². The Morgan fingerprint density at radius 1 is 1.17 bits per heavy atom. The van der Waals surface area contributed by atoms with Gasteiger partial charge in [0.2, 0.25) is 0 Å². The molecule has 3 aromatic rings. The molecule has 0 spiro atoms. The Hall–Kier alpha value is -3.99. The van der Waals surface area contributed by atoms with Gasteiger partial charge in [0.05, 0.1) is 37.8 Å². The van der Waals surface area contributed by atoms with Crippen molar-refractivity contribution in [3.63, 3.8) is 0 Å². The number of nitrogens with one attached hydrogen (secondary N) is 3. The van der Waals surface area contributed by atoms with Crippen LogP contribution in [-0.4, -0.2) is 63.3 Å². The summed E-state index contributed by atoms with van der Waals surface area (Å²) in [7, 11) is 1.88. The lowest BCUT2D eigenvalue weighted by Crippen LogP contribution is -2.44. The number of aromatic nitrogens is 4. The van der Waals surface area contributed by atoms with Gasteiger partial charge in [-0.25, -0.2) is 19.7 Å². The van der Waals surface area contributed by atoms with Gasteiger partial charge in [-0.1, -0.05) is 0 Å². The number of benzene rings is 1. The first-order valence-electron chi connectivity index (χ1n) is 12.1. The van der Waals surface area contributed by atoms with Crippen molar-refractivity contribution in [3.8, 4) is 11.4 Å². The first kappa shape index (κ1) is 23.7. The second-order valence-corrected chi connectivity index (χ2v) is 9.18. The first-order valence-corrected chi connectivity index (χ1v) is 12.1. The summed E-state index contributed by atoms with van der Waals surface area (Å²) < 4.78 is 7.43. The molecule has 3 heterocycles. The minimum absolute atomic E-state index is 0.114. The summed E-state index contributed by atoms with van der Waals surface area (Å²) in [4.78, 5) is 40.7. The van der Waals surface area contributed by atoms with Crippen LogP contribution in [0.5, 0.6) is 0 Å². The van der Waals surface area contributed by atoms with Crippen LogP contribution in [0.2, 0.25) is 0 Å². The normalized spacial score (nSPS) is 17.5. The van der Waals surface area contributed by atoms with Gasteiger partial charge in [0, 0.05) is 43.1 Å². The van der Waals surface area contributed by atoms with E-state index in [0.717, 1.165) is 24.1 Å². The van der Waals surface area contributed by atoms with Gasteiger partial charge in [0.1, 0.15) is 11.5 Å². The van der Waals surface area contributed by atoms with E-state index in [2.05, 4.69) is 37.7 Å². The lowest BCUT2D eigenvalue weighted by Gasteiger charge is -2.34. The number of carbonyl (C=O) groups excluding carboxylic acids is 2. The quantitative estimate of drug-likeness (QED) is 0.464. The number of carbonyl (C=O) groups is 2. The van der Waals surface area contributed by atoms with Gasteiger partial charge in [-0.3, -0.25) is 4.79 Å². The zero-order valence-corrected chi connectivity index (χ0v) is 20.4. The summed E-state index contributed by atoms with van der Waals surface area (Å²) in [5.74, 6) is 0.815. The van der Waals surface area contributed by atoms with E-state index in [1.807, 2.05) is 23.7 Å². The van der Waals surface area contributed by atoms with E-state index < -0.39 is 0 Å². The molecule has 1 aliphatic heterocycles. The van der Waals surface area contributed by atoms with E-state index in [-0.39, 0.29) is 29.7 Å². The van der Waals surface area contributed by atoms with Crippen molar-refractivity contribution in [3.05, 3.63) is 54.2 Å². The van der Waals surface area contributed by atoms with Gasteiger partial charge in [-0.15, -0.1) is 0 Å². The lowest BCUT2D eigenvalue weighted by molar-refractivity contribution is 0.0944. The fourth-order valence-electron chi connectivity index (χ4n) is 3.99. The van der Waals surface area contributed by atoms with Gasteiger partial charge in [-0.2, -0.15) is 0 Å². The fraction of sp³-hybridized carbons (Fsp3) is 0.400. The molecule has 11 nitrogen and oxygen atoms in total. The average Bonchev–Trinajstić information content (AvgIpc) is 3.60. The van der Waals surface area contributed by atoms with E-state index in [1.54, 1.807) is 30.7 Å². The molecule has 3 N–H and O–H groups in total.